The van der Waals surface area contributed by atoms with Gasteiger partial charge in [0.05, 0.1) is 4.90 Å². The zero-order valence-corrected chi connectivity index (χ0v) is 16.3. The Morgan fingerprint density at radius 1 is 1.04 bits per heavy atom. The van der Waals surface area contributed by atoms with E-state index in [4.69, 9.17) is 0 Å². The highest BCUT2D eigenvalue weighted by Crippen LogP contribution is 2.49. The summed E-state index contributed by atoms with van der Waals surface area (Å²) in [4.78, 5) is 14.7. The van der Waals surface area contributed by atoms with Gasteiger partial charge in [0.1, 0.15) is 5.82 Å². The van der Waals surface area contributed by atoms with Crippen molar-refractivity contribution in [3.63, 3.8) is 0 Å². The van der Waals surface area contributed by atoms with Crippen LogP contribution in [0, 0.1) is 23.6 Å². The Morgan fingerprint density at radius 2 is 1.81 bits per heavy atom. The summed E-state index contributed by atoms with van der Waals surface area (Å²) in [7, 11) is -3.65. The summed E-state index contributed by atoms with van der Waals surface area (Å²) in [6, 6.07) is 4.92. The number of sulfonamides is 1. The number of fused-ring (bicyclic) bond motifs is 2. The third kappa shape index (κ3) is 3.90. The number of amides is 1. The second-order valence-electron chi connectivity index (χ2n) is 8.23. The average Bonchev–Trinajstić information content (AvgIpc) is 3.16. The second kappa shape index (κ2) is 7.51. The highest BCUT2D eigenvalue weighted by atomic mass is 32.2. The number of benzene rings is 1. The van der Waals surface area contributed by atoms with Crippen molar-refractivity contribution >= 4 is 15.9 Å². The van der Waals surface area contributed by atoms with Crippen molar-refractivity contribution in [3.05, 3.63) is 30.1 Å². The van der Waals surface area contributed by atoms with E-state index in [1.165, 1.54) is 42.1 Å². The molecule has 3 atom stereocenters. The third-order valence-electron chi connectivity index (χ3n) is 6.58. The van der Waals surface area contributed by atoms with Crippen LogP contribution in [-0.2, 0) is 14.8 Å². The molecule has 1 amide bonds. The molecule has 2 aliphatic carbocycles. The van der Waals surface area contributed by atoms with Gasteiger partial charge < -0.3 is 4.90 Å². The van der Waals surface area contributed by atoms with E-state index in [2.05, 4.69) is 0 Å². The number of halogens is 1. The molecule has 3 fully saturated rings. The maximum atomic E-state index is 13.1. The summed E-state index contributed by atoms with van der Waals surface area (Å²) in [5.41, 5.74) is 0. The molecule has 1 saturated heterocycles. The number of hydrogen-bond donors (Lipinski definition) is 0. The highest BCUT2D eigenvalue weighted by Gasteiger charge is 2.40. The van der Waals surface area contributed by atoms with Crippen molar-refractivity contribution in [2.45, 2.75) is 43.4 Å². The summed E-state index contributed by atoms with van der Waals surface area (Å²) in [6.07, 6.45) is 6.33. The number of nitrogens with zero attached hydrogens (tertiary/aromatic N) is 2. The average molecular weight is 395 g/mol. The number of carbonyl (C=O) groups excluding carboxylic acids is 1. The van der Waals surface area contributed by atoms with Crippen LogP contribution in [0.1, 0.15) is 38.5 Å². The Balaban J connectivity index is 1.37. The molecule has 5 nitrogen and oxygen atoms in total. The van der Waals surface area contributed by atoms with E-state index in [-0.39, 0.29) is 10.8 Å². The first-order valence-corrected chi connectivity index (χ1v) is 11.4. The van der Waals surface area contributed by atoms with E-state index in [1.807, 2.05) is 4.90 Å². The van der Waals surface area contributed by atoms with Crippen molar-refractivity contribution in [2.75, 3.05) is 26.2 Å². The van der Waals surface area contributed by atoms with Gasteiger partial charge in [0.25, 0.3) is 0 Å². The first-order valence-electron chi connectivity index (χ1n) is 9.97. The van der Waals surface area contributed by atoms with Gasteiger partial charge >= 0.3 is 0 Å². The molecule has 1 aromatic rings. The summed E-state index contributed by atoms with van der Waals surface area (Å²) < 4.78 is 40.1. The minimum Gasteiger partial charge on any atom is -0.341 e. The largest absolute Gasteiger partial charge is 0.341 e. The molecule has 0 spiro atoms. The molecule has 7 heteroatoms. The van der Waals surface area contributed by atoms with Crippen LogP contribution in [0.15, 0.2) is 29.2 Å². The molecular weight excluding hydrogens is 367 g/mol. The lowest BCUT2D eigenvalue weighted by Crippen LogP contribution is -2.38. The molecule has 1 aliphatic heterocycles. The van der Waals surface area contributed by atoms with E-state index in [0.717, 1.165) is 24.0 Å². The fourth-order valence-corrected chi connectivity index (χ4v) is 6.59. The zero-order chi connectivity index (χ0) is 19.0. The Bertz CT molecular complexity index is 796. The Morgan fingerprint density at radius 3 is 2.48 bits per heavy atom. The topological polar surface area (TPSA) is 57.7 Å². The smallest absolute Gasteiger partial charge is 0.243 e. The fraction of sp³-hybridized carbons (Fsp3) is 0.650. The standard InChI is InChI=1S/C20H27FN2O3S/c21-18-4-6-19(7-5-18)27(25,26)23-9-1-8-22(10-11-23)20(24)14-17-13-15-2-3-16(17)12-15/h4-7,15-17H,1-3,8-14H2. The van der Waals surface area contributed by atoms with E-state index in [0.29, 0.717) is 44.9 Å². The van der Waals surface area contributed by atoms with Crippen LogP contribution in [0.2, 0.25) is 0 Å². The van der Waals surface area contributed by atoms with Gasteiger partial charge in [0.2, 0.25) is 15.9 Å². The van der Waals surface area contributed by atoms with Crippen LogP contribution >= 0.6 is 0 Å². The lowest BCUT2D eigenvalue weighted by molar-refractivity contribution is -0.132. The van der Waals surface area contributed by atoms with Gasteiger partial charge in [-0.25, -0.2) is 12.8 Å². The normalized spacial score (nSPS) is 29.1. The van der Waals surface area contributed by atoms with Gasteiger partial charge in [-0.3, -0.25) is 4.79 Å². The number of carbonyl (C=O) groups is 1. The monoisotopic (exact) mass is 394 g/mol. The van der Waals surface area contributed by atoms with E-state index in [9.17, 15) is 17.6 Å². The summed E-state index contributed by atoms with van der Waals surface area (Å²) in [5, 5.41) is 0. The van der Waals surface area contributed by atoms with Crippen LogP contribution in [0.5, 0.6) is 0 Å². The van der Waals surface area contributed by atoms with Gasteiger partial charge in [0.15, 0.2) is 0 Å². The molecule has 0 N–H and O–H groups in total. The molecular formula is C20H27FN2O3S. The van der Waals surface area contributed by atoms with Crippen molar-refractivity contribution < 1.29 is 17.6 Å². The minimum atomic E-state index is -3.65. The molecule has 1 heterocycles. The predicted octanol–water partition coefficient (Wildman–Crippen LogP) is 2.88. The van der Waals surface area contributed by atoms with Crippen molar-refractivity contribution in [1.29, 1.82) is 0 Å². The lowest BCUT2D eigenvalue weighted by atomic mass is 9.86. The first kappa shape index (κ1) is 18.9. The van der Waals surface area contributed by atoms with Crippen molar-refractivity contribution in [2.24, 2.45) is 17.8 Å². The fourth-order valence-electron chi connectivity index (χ4n) is 5.12. The van der Waals surface area contributed by atoms with Crippen molar-refractivity contribution in [3.8, 4) is 0 Å². The number of rotatable bonds is 4. The minimum absolute atomic E-state index is 0.102. The second-order valence-corrected chi connectivity index (χ2v) is 10.2. The Labute approximate surface area is 160 Å². The molecule has 2 saturated carbocycles. The van der Waals surface area contributed by atoms with Crippen LogP contribution in [0.3, 0.4) is 0 Å². The van der Waals surface area contributed by atoms with Crippen LogP contribution < -0.4 is 0 Å². The van der Waals surface area contributed by atoms with Gasteiger partial charge in [-0.15, -0.1) is 0 Å². The van der Waals surface area contributed by atoms with E-state index in [1.54, 1.807) is 0 Å². The van der Waals surface area contributed by atoms with Crippen LogP contribution in [0.4, 0.5) is 4.39 Å². The SMILES string of the molecule is O=C(CC1CC2CCC1C2)N1CCCN(S(=O)(=O)c2ccc(F)cc2)CC1. The molecule has 3 aliphatic rings. The van der Waals surface area contributed by atoms with E-state index >= 15 is 0 Å². The Hall–Kier alpha value is -1.47. The zero-order valence-electron chi connectivity index (χ0n) is 15.5. The van der Waals surface area contributed by atoms with Crippen LogP contribution in [0.25, 0.3) is 0 Å². The molecule has 4 rings (SSSR count). The molecule has 0 radical (unpaired) electrons. The van der Waals surface area contributed by atoms with E-state index < -0.39 is 15.8 Å². The van der Waals surface area contributed by atoms with Gasteiger partial charge in [-0.1, -0.05) is 6.42 Å². The predicted molar refractivity (Wildman–Crippen MR) is 99.9 cm³/mol. The summed E-state index contributed by atoms with van der Waals surface area (Å²) in [6.45, 7) is 1.72. The van der Waals surface area contributed by atoms with Gasteiger partial charge in [-0.2, -0.15) is 4.31 Å². The summed E-state index contributed by atoms with van der Waals surface area (Å²) in [5.74, 6) is 1.80. The molecule has 148 valence electrons. The lowest BCUT2D eigenvalue weighted by Gasteiger charge is -2.26. The quantitative estimate of drug-likeness (QED) is 0.789. The maximum Gasteiger partial charge on any atom is 0.243 e. The Kier molecular flexibility index (Phi) is 5.25. The molecule has 0 aromatic heterocycles. The molecule has 2 bridgehead atoms. The first-order chi connectivity index (χ1) is 12.9. The number of hydrogen-bond acceptors (Lipinski definition) is 3. The third-order valence-corrected chi connectivity index (χ3v) is 8.49. The molecule has 1 aromatic carbocycles. The van der Waals surface area contributed by atoms with Gasteiger partial charge in [-0.05, 0) is 67.7 Å². The van der Waals surface area contributed by atoms with Crippen molar-refractivity contribution in [1.82, 2.24) is 9.21 Å². The summed E-state index contributed by atoms with van der Waals surface area (Å²) >= 11 is 0. The highest BCUT2D eigenvalue weighted by molar-refractivity contribution is 7.89. The van der Waals surface area contributed by atoms with Crippen LogP contribution in [-0.4, -0.2) is 49.7 Å². The van der Waals surface area contributed by atoms with Gasteiger partial charge in [0, 0.05) is 32.6 Å². The molecule has 27 heavy (non-hydrogen) atoms. The molecule has 3 unspecified atom stereocenters. The maximum absolute atomic E-state index is 13.1.